The third-order valence-corrected chi connectivity index (χ3v) is 4.27. The highest BCUT2D eigenvalue weighted by atomic mass is 32.3. The van der Waals surface area contributed by atoms with Gasteiger partial charge >= 0.3 is 16.2 Å². The molecule has 0 saturated carbocycles. The van der Waals surface area contributed by atoms with Gasteiger partial charge in [-0.3, -0.25) is 4.79 Å². The van der Waals surface area contributed by atoms with Crippen molar-refractivity contribution in [2.75, 3.05) is 17.2 Å². The molecule has 0 radical (unpaired) electrons. The fraction of sp³-hybridized carbons (Fsp3) is 0.385. The minimum absolute atomic E-state index is 0.0596. The Kier molecular flexibility index (Phi) is 3.99. The summed E-state index contributed by atoms with van der Waals surface area (Å²) < 4.78 is 34.0. The summed E-state index contributed by atoms with van der Waals surface area (Å²) in [6.45, 7) is 1.70. The number of nitrogens with zero attached hydrogens (tertiary/aromatic N) is 1. The van der Waals surface area contributed by atoms with Gasteiger partial charge in [0.05, 0.1) is 11.3 Å². The van der Waals surface area contributed by atoms with Gasteiger partial charge in [-0.1, -0.05) is 6.07 Å². The van der Waals surface area contributed by atoms with Gasteiger partial charge in [-0.05, 0) is 24.6 Å². The molecule has 1 saturated heterocycles. The van der Waals surface area contributed by atoms with E-state index in [1.807, 2.05) is 0 Å². The van der Waals surface area contributed by atoms with Crippen molar-refractivity contribution in [1.29, 1.82) is 0 Å². The first-order valence-corrected chi connectivity index (χ1v) is 7.79. The van der Waals surface area contributed by atoms with Crippen LogP contribution in [0.15, 0.2) is 18.2 Å². The first kappa shape index (κ1) is 15.4. The maximum absolute atomic E-state index is 12.7. The van der Waals surface area contributed by atoms with Crippen LogP contribution in [0.2, 0.25) is 0 Å². The standard InChI is InChI=1S/C13H14FNO5S/c1-8-2-3-10(5-11(8)13(17)18)15-6-9(4-12(15)16)7-21(14,19)20/h2-3,5,9H,4,6-7H2,1H3,(H,17,18). The Morgan fingerprint density at radius 1 is 1.48 bits per heavy atom. The highest BCUT2D eigenvalue weighted by molar-refractivity contribution is 7.86. The molecule has 1 heterocycles. The lowest BCUT2D eigenvalue weighted by Crippen LogP contribution is -2.25. The van der Waals surface area contributed by atoms with Crippen molar-refractivity contribution < 1.29 is 27.0 Å². The number of aromatic carboxylic acids is 1. The van der Waals surface area contributed by atoms with Crippen LogP contribution >= 0.6 is 0 Å². The largest absolute Gasteiger partial charge is 0.478 e. The highest BCUT2D eigenvalue weighted by Gasteiger charge is 2.33. The first-order chi connectivity index (χ1) is 9.67. The molecule has 1 amide bonds. The third-order valence-electron chi connectivity index (χ3n) is 3.40. The first-order valence-electron chi connectivity index (χ1n) is 6.24. The predicted molar refractivity (Wildman–Crippen MR) is 73.5 cm³/mol. The second-order valence-corrected chi connectivity index (χ2v) is 6.50. The Hall–Kier alpha value is -1.96. The number of halogens is 1. The number of carbonyl (C=O) groups excluding carboxylic acids is 1. The normalized spacial score (nSPS) is 19.0. The molecule has 1 N–H and O–H groups in total. The number of carboxylic acids is 1. The van der Waals surface area contributed by atoms with E-state index in [0.717, 1.165) is 0 Å². The number of carbonyl (C=O) groups is 2. The van der Waals surface area contributed by atoms with E-state index in [4.69, 9.17) is 5.11 Å². The van der Waals surface area contributed by atoms with E-state index in [9.17, 15) is 21.9 Å². The van der Waals surface area contributed by atoms with Crippen LogP contribution in [0.4, 0.5) is 9.57 Å². The Balaban J connectivity index is 2.25. The van der Waals surface area contributed by atoms with Gasteiger partial charge in [-0.2, -0.15) is 8.42 Å². The van der Waals surface area contributed by atoms with Gasteiger partial charge in [0.25, 0.3) is 0 Å². The minimum atomic E-state index is -4.64. The lowest BCUT2D eigenvalue weighted by molar-refractivity contribution is -0.117. The molecular weight excluding hydrogens is 301 g/mol. The number of benzene rings is 1. The molecule has 1 aromatic rings. The Morgan fingerprint density at radius 2 is 2.14 bits per heavy atom. The SMILES string of the molecule is Cc1ccc(N2CC(CS(=O)(=O)F)CC2=O)cc1C(=O)O. The van der Waals surface area contributed by atoms with Crippen LogP contribution in [-0.2, 0) is 15.0 Å². The number of hydrogen-bond acceptors (Lipinski definition) is 4. The molecule has 1 aromatic carbocycles. The van der Waals surface area contributed by atoms with Gasteiger partial charge in [0.15, 0.2) is 0 Å². The lowest BCUT2D eigenvalue weighted by Gasteiger charge is -2.17. The van der Waals surface area contributed by atoms with E-state index in [1.165, 1.54) is 11.0 Å². The summed E-state index contributed by atoms with van der Waals surface area (Å²) in [5, 5.41) is 9.07. The fourth-order valence-electron chi connectivity index (χ4n) is 2.43. The Morgan fingerprint density at radius 3 is 2.71 bits per heavy atom. The lowest BCUT2D eigenvalue weighted by atomic mass is 10.1. The van der Waals surface area contributed by atoms with Crippen molar-refractivity contribution in [3.05, 3.63) is 29.3 Å². The van der Waals surface area contributed by atoms with Gasteiger partial charge in [-0.15, -0.1) is 3.89 Å². The molecule has 1 aliphatic heterocycles. The summed E-state index contributed by atoms with van der Waals surface area (Å²) in [5.74, 6) is -2.78. The molecule has 1 atom stereocenters. The van der Waals surface area contributed by atoms with Crippen LogP contribution in [-0.4, -0.2) is 37.7 Å². The Bertz CT molecular complexity index is 701. The van der Waals surface area contributed by atoms with E-state index in [0.29, 0.717) is 11.3 Å². The van der Waals surface area contributed by atoms with Crippen LogP contribution in [0.5, 0.6) is 0 Å². The molecular formula is C13H14FNO5S. The van der Waals surface area contributed by atoms with E-state index < -0.39 is 27.9 Å². The monoisotopic (exact) mass is 315 g/mol. The van der Waals surface area contributed by atoms with Gasteiger partial charge in [-0.25, -0.2) is 4.79 Å². The molecule has 21 heavy (non-hydrogen) atoms. The van der Waals surface area contributed by atoms with Crippen molar-refractivity contribution in [2.24, 2.45) is 5.92 Å². The van der Waals surface area contributed by atoms with Crippen molar-refractivity contribution in [2.45, 2.75) is 13.3 Å². The van der Waals surface area contributed by atoms with Crippen LogP contribution in [0.1, 0.15) is 22.3 Å². The van der Waals surface area contributed by atoms with Crippen molar-refractivity contribution in [3.63, 3.8) is 0 Å². The van der Waals surface area contributed by atoms with E-state index in [-0.39, 0.29) is 24.4 Å². The molecule has 8 heteroatoms. The summed E-state index contributed by atoms with van der Waals surface area (Å²) in [5.41, 5.74) is 1.00. The molecule has 1 fully saturated rings. The van der Waals surface area contributed by atoms with Crippen LogP contribution in [0.3, 0.4) is 0 Å². The predicted octanol–water partition coefficient (Wildman–Crippen LogP) is 1.35. The van der Waals surface area contributed by atoms with Gasteiger partial charge in [0.1, 0.15) is 0 Å². The second kappa shape index (κ2) is 5.44. The van der Waals surface area contributed by atoms with Crippen molar-refractivity contribution in [3.8, 4) is 0 Å². The zero-order valence-electron chi connectivity index (χ0n) is 11.2. The zero-order valence-corrected chi connectivity index (χ0v) is 12.1. The summed E-state index contributed by atoms with van der Waals surface area (Å²) in [4.78, 5) is 24.3. The average Bonchev–Trinajstić information content (AvgIpc) is 2.68. The molecule has 0 aliphatic carbocycles. The number of amides is 1. The summed E-state index contributed by atoms with van der Waals surface area (Å²) in [6.07, 6.45) is -0.0700. The number of carboxylic acid groups (broad SMARTS) is 1. The Labute approximate surface area is 121 Å². The fourth-order valence-corrected chi connectivity index (χ4v) is 3.22. The summed E-state index contributed by atoms with van der Waals surface area (Å²) in [7, 11) is -4.64. The molecule has 1 aliphatic rings. The van der Waals surface area contributed by atoms with Crippen LogP contribution in [0, 0.1) is 12.8 Å². The number of aryl methyl sites for hydroxylation is 1. The molecule has 6 nitrogen and oxygen atoms in total. The zero-order chi connectivity index (χ0) is 15.8. The highest BCUT2D eigenvalue weighted by Crippen LogP contribution is 2.28. The third kappa shape index (κ3) is 3.57. The summed E-state index contributed by atoms with van der Waals surface area (Å²) >= 11 is 0. The van der Waals surface area contributed by atoms with Crippen molar-refractivity contribution >= 4 is 27.8 Å². The van der Waals surface area contributed by atoms with Gasteiger partial charge in [0.2, 0.25) is 5.91 Å². The maximum atomic E-state index is 12.7. The van der Waals surface area contributed by atoms with Gasteiger partial charge < -0.3 is 10.0 Å². The molecule has 0 aromatic heterocycles. The quantitative estimate of drug-likeness (QED) is 0.847. The van der Waals surface area contributed by atoms with E-state index in [2.05, 4.69) is 0 Å². The minimum Gasteiger partial charge on any atom is -0.478 e. The maximum Gasteiger partial charge on any atom is 0.336 e. The van der Waals surface area contributed by atoms with Crippen LogP contribution < -0.4 is 4.90 Å². The second-order valence-electron chi connectivity index (χ2n) is 5.08. The van der Waals surface area contributed by atoms with E-state index >= 15 is 0 Å². The topological polar surface area (TPSA) is 91.8 Å². The molecule has 2 rings (SSSR count). The number of rotatable bonds is 4. The molecule has 1 unspecified atom stereocenters. The van der Waals surface area contributed by atoms with E-state index in [1.54, 1.807) is 19.1 Å². The average molecular weight is 315 g/mol. The van der Waals surface area contributed by atoms with Gasteiger partial charge in [0, 0.05) is 24.6 Å². The number of hydrogen-bond donors (Lipinski definition) is 1. The van der Waals surface area contributed by atoms with Crippen molar-refractivity contribution in [1.82, 2.24) is 0 Å². The number of anilines is 1. The van der Waals surface area contributed by atoms with Crippen LogP contribution in [0.25, 0.3) is 0 Å². The molecule has 0 bridgehead atoms. The smallest absolute Gasteiger partial charge is 0.336 e. The molecule has 0 spiro atoms. The summed E-state index contributed by atoms with van der Waals surface area (Å²) in [6, 6.07) is 4.53. The molecule has 114 valence electrons.